The predicted octanol–water partition coefficient (Wildman–Crippen LogP) is 1.29. The van der Waals surface area contributed by atoms with Crippen LogP contribution < -0.4 is 10.8 Å². The SMILES string of the molecule is CC1(C)OB(O)c2cc(NC(=O)c3ccncc3)ccc21. The lowest BCUT2D eigenvalue weighted by Crippen LogP contribution is -2.29. The molecule has 2 aromatic rings. The van der Waals surface area contributed by atoms with E-state index < -0.39 is 12.7 Å². The number of nitrogens with zero attached hydrogens (tertiary/aromatic N) is 1. The van der Waals surface area contributed by atoms with Gasteiger partial charge >= 0.3 is 7.12 Å². The van der Waals surface area contributed by atoms with E-state index >= 15 is 0 Å². The lowest BCUT2D eigenvalue weighted by Gasteiger charge is -2.19. The zero-order valence-electron chi connectivity index (χ0n) is 11.8. The minimum absolute atomic E-state index is 0.218. The second-order valence-corrected chi connectivity index (χ2v) is 5.47. The molecule has 0 unspecified atom stereocenters. The number of pyridine rings is 1. The summed E-state index contributed by atoms with van der Waals surface area (Å²) in [5.74, 6) is -0.218. The van der Waals surface area contributed by atoms with Crippen LogP contribution >= 0.6 is 0 Å². The van der Waals surface area contributed by atoms with E-state index in [4.69, 9.17) is 4.65 Å². The first kappa shape index (κ1) is 13.8. The molecule has 0 spiro atoms. The number of hydrogen-bond donors (Lipinski definition) is 2. The summed E-state index contributed by atoms with van der Waals surface area (Å²) in [5.41, 5.74) is 2.24. The van der Waals surface area contributed by atoms with Crippen LogP contribution in [-0.2, 0) is 10.3 Å². The van der Waals surface area contributed by atoms with Crippen LogP contribution in [0.5, 0.6) is 0 Å². The summed E-state index contributed by atoms with van der Waals surface area (Å²) < 4.78 is 5.50. The van der Waals surface area contributed by atoms with Crippen molar-refractivity contribution in [2.45, 2.75) is 19.4 Å². The van der Waals surface area contributed by atoms with Gasteiger partial charge in [-0.3, -0.25) is 9.78 Å². The van der Waals surface area contributed by atoms with Gasteiger partial charge in [-0.15, -0.1) is 0 Å². The Morgan fingerprint density at radius 3 is 2.71 bits per heavy atom. The minimum Gasteiger partial charge on any atom is -0.423 e. The average Bonchev–Trinajstić information content (AvgIpc) is 2.69. The van der Waals surface area contributed by atoms with Crippen molar-refractivity contribution in [3.63, 3.8) is 0 Å². The van der Waals surface area contributed by atoms with E-state index in [1.807, 2.05) is 19.9 Å². The van der Waals surface area contributed by atoms with E-state index in [-0.39, 0.29) is 5.91 Å². The summed E-state index contributed by atoms with van der Waals surface area (Å²) in [7, 11) is -0.965. The lowest BCUT2D eigenvalue weighted by atomic mass is 9.78. The molecule has 2 N–H and O–H groups in total. The summed E-state index contributed by atoms with van der Waals surface area (Å²) in [4.78, 5) is 16.0. The van der Waals surface area contributed by atoms with Crippen LogP contribution in [-0.4, -0.2) is 23.0 Å². The first-order valence-corrected chi connectivity index (χ1v) is 6.69. The molecule has 3 rings (SSSR count). The van der Waals surface area contributed by atoms with Crippen LogP contribution in [0.4, 0.5) is 5.69 Å². The van der Waals surface area contributed by atoms with Gasteiger partial charge < -0.3 is 15.0 Å². The summed E-state index contributed by atoms with van der Waals surface area (Å²) in [6, 6.07) is 8.70. The second-order valence-electron chi connectivity index (χ2n) is 5.47. The molecule has 1 aliphatic rings. The summed E-state index contributed by atoms with van der Waals surface area (Å²) in [6.07, 6.45) is 3.13. The van der Waals surface area contributed by atoms with E-state index in [0.29, 0.717) is 16.7 Å². The van der Waals surface area contributed by atoms with E-state index in [1.54, 1.807) is 36.7 Å². The molecule has 0 fully saturated rings. The quantitative estimate of drug-likeness (QED) is 0.814. The van der Waals surface area contributed by atoms with Crippen molar-refractivity contribution in [1.29, 1.82) is 0 Å². The molecular weight excluding hydrogens is 267 g/mol. The third-order valence-corrected chi connectivity index (χ3v) is 3.57. The predicted molar refractivity (Wildman–Crippen MR) is 80.4 cm³/mol. The zero-order valence-corrected chi connectivity index (χ0v) is 11.8. The Kier molecular flexibility index (Phi) is 3.27. The van der Waals surface area contributed by atoms with E-state index in [2.05, 4.69) is 10.3 Å². The number of nitrogens with one attached hydrogen (secondary N) is 1. The first-order chi connectivity index (χ1) is 9.97. The van der Waals surface area contributed by atoms with Crippen molar-refractivity contribution < 1.29 is 14.5 Å². The average molecular weight is 282 g/mol. The van der Waals surface area contributed by atoms with Crippen molar-refractivity contribution in [3.8, 4) is 0 Å². The molecular formula is C15H15BN2O3. The highest BCUT2D eigenvalue weighted by molar-refractivity contribution is 6.62. The molecule has 106 valence electrons. The van der Waals surface area contributed by atoms with Gasteiger partial charge in [-0.2, -0.15) is 0 Å². The third-order valence-electron chi connectivity index (χ3n) is 3.57. The highest BCUT2D eigenvalue weighted by Gasteiger charge is 2.40. The molecule has 1 aromatic heterocycles. The van der Waals surface area contributed by atoms with Crippen LogP contribution in [0.1, 0.15) is 29.8 Å². The van der Waals surface area contributed by atoms with Crippen molar-refractivity contribution in [1.82, 2.24) is 4.98 Å². The van der Waals surface area contributed by atoms with E-state index in [0.717, 1.165) is 5.56 Å². The van der Waals surface area contributed by atoms with E-state index in [9.17, 15) is 9.82 Å². The minimum atomic E-state index is -0.965. The normalized spacial score (nSPS) is 15.7. The van der Waals surface area contributed by atoms with Crippen molar-refractivity contribution in [3.05, 3.63) is 53.9 Å². The van der Waals surface area contributed by atoms with Crippen molar-refractivity contribution >= 4 is 24.2 Å². The number of hydrogen-bond acceptors (Lipinski definition) is 4. The molecule has 1 amide bonds. The first-order valence-electron chi connectivity index (χ1n) is 6.69. The van der Waals surface area contributed by atoms with Gasteiger partial charge in [0.25, 0.3) is 5.91 Å². The number of carbonyl (C=O) groups is 1. The van der Waals surface area contributed by atoms with Gasteiger partial charge in [0.2, 0.25) is 0 Å². The Morgan fingerprint density at radius 1 is 1.29 bits per heavy atom. The Hall–Kier alpha value is -2.18. The number of carbonyl (C=O) groups excluding carboxylic acids is 1. The molecule has 21 heavy (non-hydrogen) atoms. The molecule has 1 aromatic carbocycles. The Bertz CT molecular complexity index is 689. The van der Waals surface area contributed by atoms with Gasteiger partial charge in [0, 0.05) is 23.6 Å². The monoisotopic (exact) mass is 282 g/mol. The molecule has 2 heterocycles. The molecule has 0 bridgehead atoms. The number of rotatable bonds is 2. The second kappa shape index (κ2) is 4.98. The van der Waals surface area contributed by atoms with Crippen LogP contribution in [0.15, 0.2) is 42.7 Å². The fourth-order valence-corrected chi connectivity index (χ4v) is 2.51. The van der Waals surface area contributed by atoms with Crippen molar-refractivity contribution in [2.24, 2.45) is 0 Å². The highest BCUT2D eigenvalue weighted by Crippen LogP contribution is 2.30. The van der Waals surface area contributed by atoms with Crippen LogP contribution in [0.3, 0.4) is 0 Å². The van der Waals surface area contributed by atoms with Gasteiger partial charge in [-0.25, -0.2) is 0 Å². The Labute approximate surface area is 123 Å². The van der Waals surface area contributed by atoms with Crippen LogP contribution in [0.25, 0.3) is 0 Å². The van der Waals surface area contributed by atoms with Gasteiger partial charge in [0.1, 0.15) is 0 Å². The standard InChI is InChI=1S/C15H15BN2O3/c1-15(2)12-4-3-11(9-13(12)16(20)21-15)18-14(19)10-5-7-17-8-6-10/h3-9,20H,1-2H3,(H,18,19). The van der Waals surface area contributed by atoms with Crippen molar-refractivity contribution in [2.75, 3.05) is 5.32 Å². The number of aromatic nitrogens is 1. The van der Waals surface area contributed by atoms with Crippen LogP contribution in [0, 0.1) is 0 Å². The third kappa shape index (κ3) is 2.55. The highest BCUT2D eigenvalue weighted by atomic mass is 16.5. The zero-order chi connectivity index (χ0) is 15.0. The summed E-state index contributed by atoms with van der Waals surface area (Å²) in [5, 5.41) is 12.8. The number of amides is 1. The maximum Gasteiger partial charge on any atom is 0.492 e. The fraction of sp³-hybridized carbons (Fsp3) is 0.200. The van der Waals surface area contributed by atoms with Gasteiger partial charge in [0.15, 0.2) is 0 Å². The molecule has 0 saturated carbocycles. The van der Waals surface area contributed by atoms with Gasteiger partial charge in [-0.1, -0.05) is 6.07 Å². The fourth-order valence-electron chi connectivity index (χ4n) is 2.51. The molecule has 6 heteroatoms. The molecule has 0 radical (unpaired) electrons. The largest absolute Gasteiger partial charge is 0.492 e. The maximum atomic E-state index is 12.1. The molecule has 1 aliphatic heterocycles. The molecule has 0 aliphatic carbocycles. The molecule has 5 nitrogen and oxygen atoms in total. The Morgan fingerprint density at radius 2 is 2.00 bits per heavy atom. The summed E-state index contributed by atoms with van der Waals surface area (Å²) in [6.45, 7) is 3.80. The van der Waals surface area contributed by atoms with E-state index in [1.165, 1.54) is 0 Å². The summed E-state index contributed by atoms with van der Waals surface area (Å²) >= 11 is 0. The molecule has 0 saturated heterocycles. The van der Waals surface area contributed by atoms with Gasteiger partial charge in [-0.05, 0) is 49.1 Å². The van der Waals surface area contributed by atoms with Crippen LogP contribution in [0.2, 0.25) is 0 Å². The topological polar surface area (TPSA) is 71.5 Å². The van der Waals surface area contributed by atoms with Gasteiger partial charge in [0.05, 0.1) is 5.60 Å². The smallest absolute Gasteiger partial charge is 0.423 e. The lowest BCUT2D eigenvalue weighted by molar-refractivity contribution is 0.100. The Balaban J connectivity index is 1.86. The number of benzene rings is 1. The maximum absolute atomic E-state index is 12.1. The number of anilines is 1. The number of fused-ring (bicyclic) bond motifs is 1. The molecule has 0 atom stereocenters.